The summed E-state index contributed by atoms with van der Waals surface area (Å²) in [5, 5.41) is 2.40. The largest absolute Gasteiger partial charge is 0.509 e. The quantitative estimate of drug-likeness (QED) is 0.212. The van der Waals surface area contributed by atoms with Crippen LogP contribution in [-0.2, 0) is 9.47 Å². The lowest BCUT2D eigenvalue weighted by atomic mass is 9.83. The second-order valence-electron chi connectivity index (χ2n) is 9.38. The van der Waals surface area contributed by atoms with E-state index in [2.05, 4.69) is 0 Å². The van der Waals surface area contributed by atoms with E-state index in [0.717, 1.165) is 30.8 Å². The van der Waals surface area contributed by atoms with Crippen LogP contribution in [0.1, 0.15) is 39.7 Å². The number of carbonyl (C=O) groups excluding carboxylic acids is 2. The van der Waals surface area contributed by atoms with Crippen LogP contribution in [0, 0.1) is 11.7 Å². The summed E-state index contributed by atoms with van der Waals surface area (Å²) >= 11 is 7.62. The first kappa shape index (κ1) is 24.0. The fourth-order valence-electron chi connectivity index (χ4n) is 5.31. The van der Waals surface area contributed by atoms with Crippen LogP contribution in [0.5, 0.6) is 0 Å². The molecule has 0 radical (unpaired) electrons. The van der Waals surface area contributed by atoms with Crippen molar-refractivity contribution < 1.29 is 27.9 Å². The van der Waals surface area contributed by atoms with E-state index >= 15 is 0 Å². The minimum atomic E-state index is -0.860. The molecule has 3 aliphatic heterocycles. The van der Waals surface area contributed by atoms with Crippen LogP contribution >= 0.6 is 22.9 Å². The van der Waals surface area contributed by atoms with Crippen molar-refractivity contribution in [3.05, 3.63) is 92.9 Å². The van der Waals surface area contributed by atoms with E-state index in [0.29, 0.717) is 33.7 Å². The molecule has 3 fully saturated rings. The molecular weight excluding hydrogens is 489 g/mol. The molecule has 35 heavy (non-hydrogen) atoms. The summed E-state index contributed by atoms with van der Waals surface area (Å²) in [6.45, 7) is 2.82. The molecular formula is C27H26ClFNO4S+. The summed E-state index contributed by atoms with van der Waals surface area (Å²) in [7, 11) is 0. The molecule has 0 amide bonds. The molecule has 1 aromatic heterocycles. The van der Waals surface area contributed by atoms with Gasteiger partial charge in [0.25, 0.3) is 0 Å². The Kier molecular flexibility index (Phi) is 6.91. The Balaban J connectivity index is 1.30. The van der Waals surface area contributed by atoms with E-state index in [9.17, 15) is 14.0 Å². The third-order valence-electron chi connectivity index (χ3n) is 7.08. The van der Waals surface area contributed by atoms with Crippen LogP contribution in [0.2, 0.25) is 5.02 Å². The number of halogens is 2. The van der Waals surface area contributed by atoms with Crippen LogP contribution in [-0.4, -0.2) is 48.7 Å². The highest BCUT2D eigenvalue weighted by atomic mass is 35.5. The van der Waals surface area contributed by atoms with Crippen LogP contribution in [0.25, 0.3) is 0 Å². The molecule has 182 valence electrons. The molecule has 0 N–H and O–H groups in total. The van der Waals surface area contributed by atoms with Crippen LogP contribution in [0.15, 0.2) is 66.0 Å². The highest BCUT2D eigenvalue weighted by Gasteiger charge is 2.49. The Bertz CT molecular complexity index is 1160. The van der Waals surface area contributed by atoms with E-state index < -0.39 is 18.1 Å². The Morgan fingerprint density at radius 1 is 1.06 bits per heavy atom. The van der Waals surface area contributed by atoms with Gasteiger partial charge in [0.2, 0.25) is 5.78 Å². The van der Waals surface area contributed by atoms with Gasteiger partial charge >= 0.3 is 6.16 Å². The van der Waals surface area contributed by atoms with Crippen molar-refractivity contribution in [2.75, 3.05) is 26.2 Å². The van der Waals surface area contributed by atoms with E-state index in [-0.39, 0.29) is 17.8 Å². The standard InChI is InChI=1S/C27H26ClFNO4S/c28-21-6-1-4-19(14-21)26(20-5-2-7-22(29)15-20)34-27(32)33-24-17-30(11-9-18(24)10-12-30)16-23(31)25-8-3-13-35-25/h1-8,13-15,18,24,26H,9-12,16-17H2/q+1. The zero-order chi connectivity index (χ0) is 24.4. The summed E-state index contributed by atoms with van der Waals surface area (Å²) < 4.78 is 26.2. The maximum absolute atomic E-state index is 14.0. The highest BCUT2D eigenvalue weighted by Crippen LogP contribution is 2.37. The fraction of sp³-hybridized carbons (Fsp3) is 0.333. The average Bonchev–Trinajstić information content (AvgIpc) is 3.38. The van der Waals surface area contributed by atoms with Crippen molar-refractivity contribution in [1.82, 2.24) is 0 Å². The molecule has 4 heterocycles. The van der Waals surface area contributed by atoms with E-state index in [4.69, 9.17) is 21.1 Å². The fourth-order valence-corrected chi connectivity index (χ4v) is 6.17. The van der Waals surface area contributed by atoms with Crippen molar-refractivity contribution in [3.8, 4) is 0 Å². The molecule has 2 bridgehead atoms. The van der Waals surface area contributed by atoms with Crippen LogP contribution < -0.4 is 0 Å². The topological polar surface area (TPSA) is 52.6 Å². The van der Waals surface area contributed by atoms with Gasteiger partial charge in [0.05, 0.1) is 18.0 Å². The number of carbonyl (C=O) groups is 2. The van der Waals surface area contributed by atoms with Gasteiger partial charge in [-0.05, 0) is 41.3 Å². The molecule has 2 aromatic carbocycles. The Morgan fingerprint density at radius 2 is 1.80 bits per heavy atom. The number of benzene rings is 2. The van der Waals surface area contributed by atoms with Gasteiger partial charge in [-0.25, -0.2) is 9.18 Å². The first-order valence-corrected chi connectivity index (χ1v) is 13.0. The number of piperidine rings is 3. The SMILES string of the molecule is O=C(OC(c1cccc(F)c1)c1cccc(Cl)c1)OC1C[N+]2(CC(=O)c3cccs3)CCC1CC2. The predicted octanol–water partition coefficient (Wildman–Crippen LogP) is 6.28. The van der Waals surface area contributed by atoms with Gasteiger partial charge in [0.15, 0.2) is 12.2 Å². The Morgan fingerprint density at radius 3 is 2.49 bits per heavy atom. The zero-order valence-corrected chi connectivity index (χ0v) is 20.6. The number of hydrogen-bond donors (Lipinski definition) is 0. The number of quaternary nitrogens is 1. The summed E-state index contributed by atoms with van der Waals surface area (Å²) in [5.74, 6) is -0.0438. The lowest BCUT2D eigenvalue weighted by Gasteiger charge is -2.51. The second-order valence-corrected chi connectivity index (χ2v) is 10.8. The summed E-state index contributed by atoms with van der Waals surface area (Å²) in [6, 6.07) is 16.6. The minimum absolute atomic E-state index is 0.133. The number of hydrogen-bond acceptors (Lipinski definition) is 5. The molecule has 3 aliphatic rings. The highest BCUT2D eigenvalue weighted by molar-refractivity contribution is 7.12. The third kappa shape index (κ3) is 5.42. The van der Waals surface area contributed by atoms with Gasteiger partial charge in [-0.15, -0.1) is 11.3 Å². The molecule has 8 heteroatoms. The number of rotatable bonds is 7. The van der Waals surface area contributed by atoms with E-state index in [1.54, 1.807) is 36.4 Å². The van der Waals surface area contributed by atoms with Gasteiger partial charge < -0.3 is 14.0 Å². The van der Waals surface area contributed by atoms with Gasteiger partial charge in [-0.3, -0.25) is 4.79 Å². The molecule has 2 atom stereocenters. The predicted molar refractivity (Wildman–Crippen MR) is 132 cm³/mol. The Labute approximate surface area is 212 Å². The van der Waals surface area contributed by atoms with Crippen molar-refractivity contribution in [1.29, 1.82) is 0 Å². The van der Waals surface area contributed by atoms with Crippen molar-refractivity contribution in [2.45, 2.75) is 25.0 Å². The summed E-state index contributed by atoms with van der Waals surface area (Å²) in [5.41, 5.74) is 1.11. The minimum Gasteiger partial charge on any atom is -0.425 e. The normalized spacial score (nSPS) is 24.1. The van der Waals surface area contributed by atoms with Crippen molar-refractivity contribution >= 4 is 34.9 Å². The smallest absolute Gasteiger partial charge is 0.425 e. The van der Waals surface area contributed by atoms with Gasteiger partial charge in [0, 0.05) is 29.3 Å². The van der Waals surface area contributed by atoms with Crippen molar-refractivity contribution in [3.63, 3.8) is 0 Å². The molecule has 6 rings (SSSR count). The van der Waals surface area contributed by atoms with E-state index in [1.165, 1.54) is 23.5 Å². The van der Waals surface area contributed by atoms with E-state index in [1.807, 2.05) is 17.5 Å². The van der Waals surface area contributed by atoms with Gasteiger partial charge in [-0.1, -0.05) is 41.9 Å². The first-order valence-electron chi connectivity index (χ1n) is 11.7. The number of ether oxygens (including phenoxy) is 2. The van der Waals surface area contributed by atoms with Crippen LogP contribution in [0.3, 0.4) is 0 Å². The molecule has 0 saturated carbocycles. The molecule has 3 aromatic rings. The monoisotopic (exact) mass is 514 g/mol. The second kappa shape index (κ2) is 10.1. The van der Waals surface area contributed by atoms with Gasteiger partial charge in [0.1, 0.15) is 18.9 Å². The number of Topliss-reactive ketones (excluding diaryl/α,β-unsaturated/α-hetero) is 1. The number of nitrogens with zero attached hydrogens (tertiary/aromatic N) is 1. The number of fused-ring (bicyclic) bond motifs is 3. The lowest BCUT2D eigenvalue weighted by molar-refractivity contribution is -0.938. The maximum atomic E-state index is 14.0. The molecule has 0 aliphatic carbocycles. The molecule has 2 unspecified atom stereocenters. The summed E-state index contributed by atoms with van der Waals surface area (Å²) in [6.07, 6.45) is -0.190. The molecule has 0 spiro atoms. The number of ketones is 1. The van der Waals surface area contributed by atoms with Gasteiger partial charge in [-0.2, -0.15) is 0 Å². The zero-order valence-electron chi connectivity index (χ0n) is 19.1. The number of thiophene rings is 1. The van der Waals surface area contributed by atoms with Crippen LogP contribution in [0.4, 0.5) is 9.18 Å². The molecule has 3 saturated heterocycles. The Hall–Kier alpha value is -2.74. The lowest BCUT2D eigenvalue weighted by Crippen LogP contribution is -2.65. The average molecular weight is 515 g/mol. The first-order chi connectivity index (χ1) is 16.9. The molecule has 5 nitrogen and oxygen atoms in total. The summed E-state index contributed by atoms with van der Waals surface area (Å²) in [4.78, 5) is 26.6. The third-order valence-corrected chi connectivity index (χ3v) is 8.23. The van der Waals surface area contributed by atoms with Crippen molar-refractivity contribution in [2.24, 2.45) is 5.92 Å². The maximum Gasteiger partial charge on any atom is 0.509 e.